The molecule has 0 bridgehead atoms. The van der Waals surface area contributed by atoms with Gasteiger partial charge in [-0.1, -0.05) is 19.7 Å². The van der Waals surface area contributed by atoms with Gasteiger partial charge in [0.1, 0.15) is 0 Å². The Labute approximate surface area is 159 Å². The first kappa shape index (κ1) is 22.1. The summed E-state index contributed by atoms with van der Waals surface area (Å²) >= 11 is 0. The zero-order valence-corrected chi connectivity index (χ0v) is 15.5. The van der Waals surface area contributed by atoms with E-state index in [1.165, 1.54) is 18.8 Å². The number of aromatic nitrogens is 3. The van der Waals surface area contributed by atoms with Crippen molar-refractivity contribution in [3.05, 3.63) is 38.5 Å². The summed E-state index contributed by atoms with van der Waals surface area (Å²) in [4.78, 5) is 12.4. The third-order valence-electron chi connectivity index (χ3n) is 2.84. The Morgan fingerprint density at radius 3 is 1.07 bits per heavy atom. The van der Waals surface area contributed by atoms with Crippen LogP contribution in [0.1, 0.15) is 19.3 Å². The van der Waals surface area contributed by atoms with Crippen molar-refractivity contribution in [3.63, 3.8) is 0 Å². The molecule has 0 fully saturated rings. The van der Waals surface area contributed by atoms with E-state index in [0.717, 1.165) is 0 Å². The van der Waals surface area contributed by atoms with E-state index >= 15 is 0 Å². The van der Waals surface area contributed by atoms with E-state index in [-0.39, 0.29) is 18.0 Å². The number of rotatable bonds is 18. The van der Waals surface area contributed by atoms with E-state index in [9.17, 15) is 0 Å². The molecule has 1 rings (SSSR count). The molecule has 1 aromatic rings. The van der Waals surface area contributed by atoms with E-state index in [4.69, 9.17) is 28.4 Å². The molecule has 0 radical (unpaired) electrons. The monoisotopic (exact) mass is 381 g/mol. The zero-order chi connectivity index (χ0) is 19.6. The lowest BCUT2D eigenvalue weighted by atomic mass is 10.5. The molecule has 1 aromatic heterocycles. The molecule has 9 nitrogen and oxygen atoms in total. The molecule has 27 heavy (non-hydrogen) atoms. The summed E-state index contributed by atoms with van der Waals surface area (Å²) in [5, 5.41) is 0. The van der Waals surface area contributed by atoms with Crippen LogP contribution in [0.25, 0.3) is 0 Å². The summed E-state index contributed by atoms with van der Waals surface area (Å²) in [7, 11) is 0. The van der Waals surface area contributed by atoms with Gasteiger partial charge in [-0.3, -0.25) is 0 Å². The van der Waals surface area contributed by atoms with Crippen LogP contribution in [0.15, 0.2) is 38.5 Å². The van der Waals surface area contributed by atoms with Crippen LogP contribution in [0.5, 0.6) is 18.0 Å². The van der Waals surface area contributed by atoms with E-state index in [2.05, 4.69) is 34.7 Å². The highest BCUT2D eigenvalue weighted by molar-refractivity contribution is 5.09. The minimum Gasteiger partial charge on any atom is -0.502 e. The summed E-state index contributed by atoms with van der Waals surface area (Å²) < 4.78 is 31.6. The van der Waals surface area contributed by atoms with Gasteiger partial charge in [-0.2, -0.15) is 0 Å². The first-order valence-corrected chi connectivity index (χ1v) is 8.62. The van der Waals surface area contributed by atoms with Crippen molar-refractivity contribution < 1.29 is 28.4 Å². The van der Waals surface area contributed by atoms with Crippen LogP contribution in [0, 0.1) is 0 Å². The molecule has 0 saturated heterocycles. The molecule has 0 atom stereocenters. The van der Waals surface area contributed by atoms with Crippen molar-refractivity contribution >= 4 is 0 Å². The molecule has 150 valence electrons. The van der Waals surface area contributed by atoms with Crippen LogP contribution in [0.2, 0.25) is 0 Å². The van der Waals surface area contributed by atoms with Crippen molar-refractivity contribution in [2.75, 3.05) is 39.6 Å². The van der Waals surface area contributed by atoms with Gasteiger partial charge < -0.3 is 28.4 Å². The van der Waals surface area contributed by atoms with Crippen molar-refractivity contribution in [2.45, 2.75) is 19.3 Å². The molecule has 0 aliphatic heterocycles. The molecule has 0 saturated carbocycles. The van der Waals surface area contributed by atoms with Crippen molar-refractivity contribution in [3.8, 4) is 18.0 Å². The lowest BCUT2D eigenvalue weighted by molar-refractivity contribution is 0.181. The smallest absolute Gasteiger partial charge is 0.325 e. The predicted molar refractivity (Wildman–Crippen MR) is 98.6 cm³/mol. The normalized spacial score (nSPS) is 9.78. The van der Waals surface area contributed by atoms with Gasteiger partial charge in [0.05, 0.1) is 58.4 Å². The minimum atomic E-state index is 0.123. The zero-order valence-electron chi connectivity index (χ0n) is 15.5. The Morgan fingerprint density at radius 1 is 0.519 bits per heavy atom. The maximum absolute atomic E-state index is 5.51. The fraction of sp³-hybridized carbons (Fsp3) is 0.500. The maximum atomic E-state index is 5.51. The number of hydrogen-bond acceptors (Lipinski definition) is 9. The van der Waals surface area contributed by atoms with Crippen LogP contribution < -0.4 is 14.2 Å². The lowest BCUT2D eigenvalue weighted by Crippen LogP contribution is -2.11. The highest BCUT2D eigenvalue weighted by Crippen LogP contribution is 2.15. The fourth-order valence-corrected chi connectivity index (χ4v) is 1.68. The van der Waals surface area contributed by atoms with E-state index in [1.807, 2.05) is 0 Å². The molecule has 1 heterocycles. The Morgan fingerprint density at radius 2 is 0.815 bits per heavy atom. The topological polar surface area (TPSA) is 94.1 Å². The van der Waals surface area contributed by atoms with Crippen molar-refractivity contribution in [1.29, 1.82) is 0 Å². The molecular weight excluding hydrogens is 354 g/mol. The Balaban J connectivity index is 2.55. The fourth-order valence-electron chi connectivity index (χ4n) is 1.68. The molecule has 0 aliphatic rings. The van der Waals surface area contributed by atoms with Crippen LogP contribution in [-0.4, -0.2) is 54.6 Å². The van der Waals surface area contributed by atoms with Crippen LogP contribution in [0.4, 0.5) is 0 Å². The molecule has 0 unspecified atom stereocenters. The highest BCUT2D eigenvalue weighted by Gasteiger charge is 2.10. The van der Waals surface area contributed by atoms with Crippen molar-refractivity contribution in [2.24, 2.45) is 0 Å². The van der Waals surface area contributed by atoms with Gasteiger partial charge in [-0.05, 0) is 0 Å². The Hall–Kier alpha value is -2.97. The van der Waals surface area contributed by atoms with Gasteiger partial charge in [0, 0.05) is 19.3 Å². The van der Waals surface area contributed by atoms with Gasteiger partial charge in [0.2, 0.25) is 0 Å². The molecular formula is C18H27N3O6. The number of hydrogen-bond donors (Lipinski definition) is 0. The molecule has 0 spiro atoms. The predicted octanol–water partition coefficient (Wildman–Crippen LogP) is 2.66. The average molecular weight is 381 g/mol. The van der Waals surface area contributed by atoms with Crippen molar-refractivity contribution in [1.82, 2.24) is 15.0 Å². The maximum Gasteiger partial charge on any atom is 0.325 e. The van der Waals surface area contributed by atoms with Crippen LogP contribution in [0.3, 0.4) is 0 Å². The Bertz CT molecular complexity index is 467. The Kier molecular flexibility index (Phi) is 12.5. The molecule has 0 aromatic carbocycles. The largest absolute Gasteiger partial charge is 0.502 e. The summed E-state index contributed by atoms with van der Waals surface area (Å²) in [6.45, 7) is 13.0. The van der Waals surface area contributed by atoms with Gasteiger partial charge in [-0.25, -0.2) is 0 Å². The van der Waals surface area contributed by atoms with E-state index in [1.54, 1.807) is 0 Å². The molecule has 9 heteroatoms. The number of nitrogens with zero attached hydrogens (tertiary/aromatic N) is 3. The lowest BCUT2D eigenvalue weighted by Gasteiger charge is -2.10. The first-order chi connectivity index (χ1) is 13.3. The summed E-state index contributed by atoms with van der Waals surface area (Å²) in [5.74, 6) is 0. The first-order valence-electron chi connectivity index (χ1n) is 8.62. The second-order valence-corrected chi connectivity index (χ2v) is 4.90. The highest BCUT2D eigenvalue weighted by atomic mass is 16.5. The summed E-state index contributed by atoms with van der Waals surface area (Å²) in [6.07, 6.45) is 6.11. The SMILES string of the molecule is C=COCCCOc1nc(OCCCOC=C)nc(OCCCOC=C)n1. The summed E-state index contributed by atoms with van der Waals surface area (Å²) in [5.41, 5.74) is 0. The quantitative estimate of drug-likeness (QED) is 0.281. The van der Waals surface area contributed by atoms with Gasteiger partial charge in [-0.15, -0.1) is 15.0 Å². The molecule has 0 amide bonds. The number of ether oxygens (including phenoxy) is 6. The van der Waals surface area contributed by atoms with E-state index < -0.39 is 0 Å². The van der Waals surface area contributed by atoms with Crippen LogP contribution >= 0.6 is 0 Å². The summed E-state index contributed by atoms with van der Waals surface area (Å²) in [6, 6.07) is 0.370. The van der Waals surface area contributed by atoms with E-state index in [0.29, 0.717) is 58.9 Å². The van der Waals surface area contributed by atoms with Gasteiger partial charge in [0.25, 0.3) is 0 Å². The minimum absolute atomic E-state index is 0.123. The molecule has 0 N–H and O–H groups in total. The van der Waals surface area contributed by atoms with Gasteiger partial charge >= 0.3 is 18.0 Å². The average Bonchev–Trinajstić information content (AvgIpc) is 2.67. The third-order valence-corrected chi connectivity index (χ3v) is 2.84. The van der Waals surface area contributed by atoms with Gasteiger partial charge in [0.15, 0.2) is 0 Å². The second kappa shape index (κ2) is 15.3. The second-order valence-electron chi connectivity index (χ2n) is 4.90. The third kappa shape index (κ3) is 11.3. The standard InChI is InChI=1S/C18H27N3O6/c1-4-22-10-7-13-25-16-19-17(26-14-8-11-23-5-2)21-18(20-16)27-15-9-12-24-6-3/h4-6H,1-3,7-15H2. The molecule has 0 aliphatic carbocycles. The van der Waals surface area contributed by atoms with Crippen LogP contribution in [-0.2, 0) is 14.2 Å².